The highest BCUT2D eigenvalue weighted by molar-refractivity contribution is 7.15. The van der Waals surface area contributed by atoms with E-state index in [0.29, 0.717) is 32.7 Å². The van der Waals surface area contributed by atoms with Crippen molar-refractivity contribution in [2.45, 2.75) is 32.0 Å². The number of amides is 1. The molecule has 2 aliphatic rings. The number of rotatable bonds is 4. The van der Waals surface area contributed by atoms with Crippen LogP contribution in [0.1, 0.15) is 23.4 Å². The molecule has 4 rings (SSSR count). The van der Waals surface area contributed by atoms with Gasteiger partial charge in [-0.1, -0.05) is 12.1 Å². The molecule has 27 heavy (non-hydrogen) atoms. The van der Waals surface area contributed by atoms with Crippen LogP contribution in [0.25, 0.3) is 10.6 Å². The third-order valence-corrected chi connectivity index (χ3v) is 6.42. The van der Waals surface area contributed by atoms with E-state index in [2.05, 4.69) is 4.98 Å². The zero-order valence-corrected chi connectivity index (χ0v) is 16.5. The lowest BCUT2D eigenvalue weighted by Gasteiger charge is -2.37. The highest BCUT2D eigenvalue weighted by Gasteiger charge is 2.40. The minimum absolute atomic E-state index is 0.145. The number of ether oxygens (including phenoxy) is 3. The van der Waals surface area contributed by atoms with E-state index in [1.54, 1.807) is 18.4 Å². The van der Waals surface area contributed by atoms with Crippen LogP contribution in [0.3, 0.4) is 0 Å². The second-order valence-electron chi connectivity index (χ2n) is 6.92. The molecule has 0 unspecified atom stereocenters. The Morgan fingerprint density at radius 2 is 2.04 bits per heavy atom. The largest absolute Gasteiger partial charge is 0.497 e. The summed E-state index contributed by atoms with van der Waals surface area (Å²) in [5.74, 6) is 0.500. The van der Waals surface area contributed by atoms with Gasteiger partial charge in [0.2, 0.25) is 5.91 Å². The van der Waals surface area contributed by atoms with Crippen LogP contribution in [0.15, 0.2) is 24.3 Å². The van der Waals surface area contributed by atoms with Gasteiger partial charge in [-0.25, -0.2) is 4.98 Å². The number of carbonyl (C=O) groups is 1. The molecule has 2 aromatic rings. The van der Waals surface area contributed by atoms with Gasteiger partial charge in [0.25, 0.3) is 0 Å². The van der Waals surface area contributed by atoms with Gasteiger partial charge in [0, 0.05) is 36.4 Å². The maximum Gasteiger partial charge on any atom is 0.227 e. The van der Waals surface area contributed by atoms with Gasteiger partial charge in [-0.05, 0) is 19.1 Å². The summed E-state index contributed by atoms with van der Waals surface area (Å²) >= 11 is 1.58. The first-order valence-electron chi connectivity index (χ1n) is 9.25. The van der Waals surface area contributed by atoms with Gasteiger partial charge >= 0.3 is 0 Å². The number of nitrogens with zero attached hydrogens (tertiary/aromatic N) is 2. The average molecular weight is 388 g/mol. The van der Waals surface area contributed by atoms with E-state index in [9.17, 15) is 4.79 Å². The molecule has 1 aromatic heterocycles. The van der Waals surface area contributed by atoms with Gasteiger partial charge in [0.1, 0.15) is 10.8 Å². The lowest BCUT2D eigenvalue weighted by atomic mass is 10.0. The van der Waals surface area contributed by atoms with E-state index in [0.717, 1.165) is 39.7 Å². The fourth-order valence-corrected chi connectivity index (χ4v) is 4.65. The number of carbonyl (C=O) groups excluding carboxylic acids is 1. The summed E-state index contributed by atoms with van der Waals surface area (Å²) in [5.41, 5.74) is 1.93. The average Bonchev–Trinajstić information content (AvgIpc) is 3.29. The molecular weight excluding hydrogens is 364 g/mol. The van der Waals surface area contributed by atoms with E-state index in [1.807, 2.05) is 36.1 Å². The van der Waals surface area contributed by atoms with Gasteiger partial charge in [-0.2, -0.15) is 0 Å². The van der Waals surface area contributed by atoms with Crippen molar-refractivity contribution in [2.24, 2.45) is 0 Å². The molecule has 7 heteroatoms. The van der Waals surface area contributed by atoms with Crippen LogP contribution >= 0.6 is 11.3 Å². The molecule has 3 heterocycles. The topological polar surface area (TPSA) is 60.9 Å². The normalized spacial score (nSPS) is 18.8. The standard InChI is InChI=1S/C20H24N2O4S/c1-14-17(27-19(21-14)15-4-3-5-16(12-15)24-2)13-18(23)22-8-6-20(7-9-22)25-10-11-26-20/h3-5,12H,6-11,13H2,1-2H3. The summed E-state index contributed by atoms with van der Waals surface area (Å²) in [6.07, 6.45) is 1.88. The van der Waals surface area contributed by atoms with Crippen molar-refractivity contribution >= 4 is 17.2 Å². The first-order valence-corrected chi connectivity index (χ1v) is 10.1. The van der Waals surface area contributed by atoms with Crippen molar-refractivity contribution < 1.29 is 19.0 Å². The molecule has 0 atom stereocenters. The van der Waals surface area contributed by atoms with Crippen molar-refractivity contribution in [2.75, 3.05) is 33.4 Å². The van der Waals surface area contributed by atoms with Crippen LogP contribution in [0.5, 0.6) is 5.75 Å². The van der Waals surface area contributed by atoms with Gasteiger partial charge < -0.3 is 19.1 Å². The first kappa shape index (κ1) is 18.4. The monoisotopic (exact) mass is 388 g/mol. The van der Waals surface area contributed by atoms with Crippen LogP contribution in [-0.2, 0) is 20.7 Å². The Hall–Kier alpha value is -1.96. The summed E-state index contributed by atoms with van der Waals surface area (Å²) in [7, 11) is 1.65. The van der Waals surface area contributed by atoms with E-state index >= 15 is 0 Å². The molecule has 0 N–H and O–H groups in total. The summed E-state index contributed by atoms with van der Waals surface area (Å²) in [6.45, 7) is 4.63. The summed E-state index contributed by atoms with van der Waals surface area (Å²) in [5, 5.41) is 0.916. The number of aromatic nitrogens is 1. The minimum atomic E-state index is -0.448. The fraction of sp³-hybridized carbons (Fsp3) is 0.500. The third kappa shape index (κ3) is 3.85. The van der Waals surface area contributed by atoms with Crippen LogP contribution in [0, 0.1) is 6.92 Å². The molecular formula is C20H24N2O4S. The molecule has 0 radical (unpaired) electrons. The molecule has 144 valence electrons. The Bertz CT molecular complexity index is 819. The predicted octanol–water partition coefficient (Wildman–Crippen LogP) is 3.04. The number of hydrogen-bond acceptors (Lipinski definition) is 6. The minimum Gasteiger partial charge on any atom is -0.497 e. The number of hydrogen-bond donors (Lipinski definition) is 0. The van der Waals surface area contributed by atoms with Crippen molar-refractivity contribution in [3.63, 3.8) is 0 Å². The predicted molar refractivity (Wildman–Crippen MR) is 103 cm³/mol. The highest BCUT2D eigenvalue weighted by atomic mass is 32.1. The number of piperidine rings is 1. The zero-order valence-electron chi connectivity index (χ0n) is 15.7. The van der Waals surface area contributed by atoms with Crippen LogP contribution < -0.4 is 4.74 Å². The maximum absolute atomic E-state index is 12.8. The Morgan fingerprint density at radius 1 is 1.30 bits per heavy atom. The molecule has 0 saturated carbocycles. The summed E-state index contributed by atoms with van der Waals surface area (Å²) in [4.78, 5) is 20.4. The van der Waals surface area contributed by atoms with Crippen LogP contribution in [0.4, 0.5) is 0 Å². The quantitative estimate of drug-likeness (QED) is 0.806. The molecule has 2 saturated heterocycles. The smallest absolute Gasteiger partial charge is 0.227 e. The molecule has 2 fully saturated rings. The van der Waals surface area contributed by atoms with Crippen molar-refractivity contribution in [1.29, 1.82) is 0 Å². The number of likely N-dealkylation sites (tertiary alicyclic amines) is 1. The SMILES string of the molecule is COc1cccc(-c2nc(C)c(CC(=O)N3CCC4(CC3)OCCO4)s2)c1. The van der Waals surface area contributed by atoms with Crippen LogP contribution in [0.2, 0.25) is 0 Å². The Balaban J connectivity index is 1.42. The van der Waals surface area contributed by atoms with Crippen molar-refractivity contribution in [1.82, 2.24) is 9.88 Å². The number of benzene rings is 1. The van der Waals surface area contributed by atoms with Gasteiger partial charge in [-0.15, -0.1) is 11.3 Å². The molecule has 1 aromatic carbocycles. The second-order valence-corrected chi connectivity index (χ2v) is 8.01. The summed E-state index contributed by atoms with van der Waals surface area (Å²) < 4.78 is 16.8. The molecule has 1 amide bonds. The van der Waals surface area contributed by atoms with Gasteiger partial charge in [0.15, 0.2) is 5.79 Å². The molecule has 6 nitrogen and oxygen atoms in total. The Labute approximate surface area is 163 Å². The molecule has 1 spiro atoms. The van der Waals surface area contributed by atoms with E-state index < -0.39 is 5.79 Å². The molecule has 0 bridgehead atoms. The molecule has 0 aliphatic carbocycles. The van der Waals surface area contributed by atoms with Gasteiger partial charge in [-0.3, -0.25) is 4.79 Å². The molecule has 2 aliphatic heterocycles. The van der Waals surface area contributed by atoms with E-state index in [1.165, 1.54) is 0 Å². The Kier molecular flexibility index (Phi) is 5.16. The fourth-order valence-electron chi connectivity index (χ4n) is 3.60. The summed E-state index contributed by atoms with van der Waals surface area (Å²) in [6, 6.07) is 7.84. The van der Waals surface area contributed by atoms with E-state index in [4.69, 9.17) is 14.2 Å². The number of aryl methyl sites for hydroxylation is 1. The zero-order chi connectivity index (χ0) is 18.9. The van der Waals surface area contributed by atoms with Crippen LogP contribution in [-0.4, -0.2) is 55.0 Å². The lowest BCUT2D eigenvalue weighted by molar-refractivity contribution is -0.187. The highest BCUT2D eigenvalue weighted by Crippen LogP contribution is 2.33. The Morgan fingerprint density at radius 3 is 2.74 bits per heavy atom. The van der Waals surface area contributed by atoms with Gasteiger partial charge in [0.05, 0.1) is 32.4 Å². The number of thiazole rings is 1. The third-order valence-electron chi connectivity index (χ3n) is 5.21. The second kappa shape index (κ2) is 7.58. The maximum atomic E-state index is 12.8. The van der Waals surface area contributed by atoms with Crippen molar-refractivity contribution in [3.05, 3.63) is 34.8 Å². The van der Waals surface area contributed by atoms with Crippen molar-refractivity contribution in [3.8, 4) is 16.3 Å². The van der Waals surface area contributed by atoms with E-state index in [-0.39, 0.29) is 5.91 Å². The first-order chi connectivity index (χ1) is 13.1. The lowest BCUT2D eigenvalue weighted by Crippen LogP contribution is -2.47. The number of methoxy groups -OCH3 is 1.